The standard InChI is InChI=1S/C27H21F2N3O3S/c28-21-12-22-25(32-27(31-22)35-20-11-19(13-33)34-14-20)24(29)23(21)17-5-1-15(2-6-17)16-3-7-18(8-4-16)26-30-9-10-36-26/h1-10,12,19-20,33H,11,13-14H2,(H,31,32). The van der Waals surface area contributed by atoms with Crippen LogP contribution in [0.5, 0.6) is 6.01 Å². The number of aromatic amines is 1. The molecule has 2 aromatic heterocycles. The van der Waals surface area contributed by atoms with E-state index >= 15 is 4.39 Å². The van der Waals surface area contributed by atoms with E-state index in [9.17, 15) is 9.50 Å². The lowest BCUT2D eigenvalue weighted by molar-refractivity contribution is 0.0528. The Balaban J connectivity index is 1.26. The Morgan fingerprint density at radius 2 is 1.72 bits per heavy atom. The third-order valence-corrected chi connectivity index (χ3v) is 7.07. The number of hydrogen-bond donors (Lipinski definition) is 2. The summed E-state index contributed by atoms with van der Waals surface area (Å²) in [6.07, 6.45) is 1.66. The molecule has 1 aliphatic heterocycles. The number of halogens is 2. The summed E-state index contributed by atoms with van der Waals surface area (Å²) in [6.45, 7) is 0.199. The number of thiazole rings is 1. The Kier molecular flexibility index (Phi) is 5.96. The van der Waals surface area contributed by atoms with Crippen molar-refractivity contribution in [3.05, 3.63) is 77.8 Å². The predicted octanol–water partition coefficient (Wildman–Crippen LogP) is 5.83. The molecule has 0 radical (unpaired) electrons. The SMILES string of the molecule is OCC1CC(Oc2nc3c(F)c(-c4ccc(-c5ccc(-c6nccs6)cc5)cc4)c(F)cc3[nH]2)CO1. The van der Waals surface area contributed by atoms with E-state index in [0.29, 0.717) is 18.6 Å². The van der Waals surface area contributed by atoms with Crippen LogP contribution in [0.1, 0.15) is 6.42 Å². The van der Waals surface area contributed by atoms with Crippen molar-refractivity contribution in [2.45, 2.75) is 18.6 Å². The zero-order valence-corrected chi connectivity index (χ0v) is 19.8. The first kappa shape index (κ1) is 22.8. The minimum absolute atomic E-state index is 0.000811. The first-order chi connectivity index (χ1) is 17.6. The quantitative estimate of drug-likeness (QED) is 0.304. The second-order valence-electron chi connectivity index (χ2n) is 8.59. The summed E-state index contributed by atoms with van der Waals surface area (Å²) in [4.78, 5) is 11.4. The van der Waals surface area contributed by atoms with Gasteiger partial charge in [0.15, 0.2) is 5.82 Å². The molecule has 2 N–H and O–H groups in total. The van der Waals surface area contributed by atoms with Crippen LogP contribution in [0, 0.1) is 11.6 Å². The molecule has 0 spiro atoms. The van der Waals surface area contributed by atoms with Crippen LogP contribution in [0.4, 0.5) is 8.78 Å². The first-order valence-corrected chi connectivity index (χ1v) is 12.3. The van der Waals surface area contributed by atoms with E-state index in [4.69, 9.17) is 9.47 Å². The van der Waals surface area contributed by atoms with Gasteiger partial charge in [0.1, 0.15) is 22.4 Å². The normalized spacial score (nSPS) is 17.6. The molecule has 36 heavy (non-hydrogen) atoms. The highest BCUT2D eigenvalue weighted by molar-refractivity contribution is 7.13. The molecule has 5 aromatic rings. The van der Waals surface area contributed by atoms with Crippen molar-refractivity contribution in [3.8, 4) is 38.8 Å². The molecular formula is C27H21F2N3O3S. The lowest BCUT2D eigenvalue weighted by Gasteiger charge is -2.08. The molecule has 2 unspecified atom stereocenters. The zero-order valence-electron chi connectivity index (χ0n) is 18.9. The number of aliphatic hydroxyl groups excluding tert-OH is 1. The first-order valence-electron chi connectivity index (χ1n) is 11.5. The van der Waals surface area contributed by atoms with Crippen LogP contribution >= 0.6 is 11.3 Å². The van der Waals surface area contributed by atoms with Crippen molar-refractivity contribution in [3.63, 3.8) is 0 Å². The van der Waals surface area contributed by atoms with Crippen molar-refractivity contribution in [2.24, 2.45) is 0 Å². The highest BCUT2D eigenvalue weighted by atomic mass is 32.1. The summed E-state index contributed by atoms with van der Waals surface area (Å²) in [5, 5.41) is 12.1. The summed E-state index contributed by atoms with van der Waals surface area (Å²) in [7, 11) is 0. The van der Waals surface area contributed by atoms with Crippen LogP contribution in [0.2, 0.25) is 0 Å². The van der Waals surface area contributed by atoms with E-state index in [0.717, 1.165) is 21.7 Å². The van der Waals surface area contributed by atoms with Gasteiger partial charge < -0.3 is 19.6 Å². The summed E-state index contributed by atoms with van der Waals surface area (Å²) in [5.74, 6) is -1.45. The van der Waals surface area contributed by atoms with Crippen molar-refractivity contribution < 1.29 is 23.4 Å². The summed E-state index contributed by atoms with van der Waals surface area (Å²) >= 11 is 1.58. The number of H-pyrrole nitrogens is 1. The average Bonchev–Trinajstić information content (AvgIpc) is 3.66. The number of rotatable bonds is 6. The van der Waals surface area contributed by atoms with Gasteiger partial charge >= 0.3 is 0 Å². The second-order valence-corrected chi connectivity index (χ2v) is 9.49. The molecule has 1 aliphatic rings. The van der Waals surface area contributed by atoms with Crippen molar-refractivity contribution in [1.82, 2.24) is 15.0 Å². The van der Waals surface area contributed by atoms with Gasteiger partial charge in [0.2, 0.25) is 0 Å². The maximum Gasteiger partial charge on any atom is 0.295 e. The third-order valence-electron chi connectivity index (χ3n) is 6.24. The monoisotopic (exact) mass is 505 g/mol. The van der Waals surface area contributed by atoms with E-state index in [1.165, 1.54) is 6.07 Å². The fourth-order valence-electron chi connectivity index (χ4n) is 4.42. The largest absolute Gasteiger partial charge is 0.459 e. The smallest absolute Gasteiger partial charge is 0.295 e. The molecule has 1 fully saturated rings. The minimum atomic E-state index is -0.757. The van der Waals surface area contributed by atoms with Crippen molar-refractivity contribution in [1.29, 1.82) is 0 Å². The van der Waals surface area contributed by atoms with Crippen LogP contribution in [0.15, 0.2) is 66.2 Å². The molecule has 1 saturated heterocycles. The minimum Gasteiger partial charge on any atom is -0.459 e. The van der Waals surface area contributed by atoms with Crippen LogP contribution < -0.4 is 4.74 Å². The lowest BCUT2D eigenvalue weighted by atomic mass is 9.98. The molecule has 0 saturated carbocycles. The van der Waals surface area contributed by atoms with Crippen LogP contribution in [-0.4, -0.2) is 45.5 Å². The van der Waals surface area contributed by atoms with Crippen LogP contribution in [0.3, 0.4) is 0 Å². The van der Waals surface area contributed by atoms with Crippen molar-refractivity contribution >= 4 is 22.4 Å². The van der Waals surface area contributed by atoms with Gasteiger partial charge in [-0.25, -0.2) is 13.8 Å². The topological polar surface area (TPSA) is 80.3 Å². The average molecular weight is 506 g/mol. The summed E-state index contributed by atoms with van der Waals surface area (Å²) in [5.41, 5.74) is 3.44. The third kappa shape index (κ3) is 4.26. The van der Waals surface area contributed by atoms with Gasteiger partial charge in [-0.3, -0.25) is 0 Å². The van der Waals surface area contributed by atoms with Crippen LogP contribution in [0.25, 0.3) is 43.9 Å². The molecule has 3 heterocycles. The molecule has 0 amide bonds. The number of fused-ring (bicyclic) bond motifs is 1. The number of imidazole rings is 1. The molecular weight excluding hydrogens is 484 g/mol. The fourth-order valence-corrected chi connectivity index (χ4v) is 5.06. The van der Waals surface area contributed by atoms with Gasteiger partial charge in [-0.05, 0) is 16.7 Å². The van der Waals surface area contributed by atoms with Gasteiger partial charge in [0.05, 0.1) is 30.4 Å². The highest BCUT2D eigenvalue weighted by Crippen LogP contribution is 2.34. The zero-order chi connectivity index (χ0) is 24.6. The highest BCUT2D eigenvalue weighted by Gasteiger charge is 2.28. The van der Waals surface area contributed by atoms with Gasteiger partial charge in [-0.15, -0.1) is 11.3 Å². The van der Waals surface area contributed by atoms with Gasteiger partial charge in [0, 0.05) is 29.6 Å². The maximum atomic E-state index is 15.4. The molecule has 9 heteroatoms. The Labute approximate surface area is 209 Å². The molecule has 3 aromatic carbocycles. The Morgan fingerprint density at radius 1 is 1.03 bits per heavy atom. The van der Waals surface area contributed by atoms with E-state index in [1.54, 1.807) is 29.7 Å². The second kappa shape index (κ2) is 9.42. The maximum absolute atomic E-state index is 15.4. The molecule has 6 rings (SSSR count). The summed E-state index contributed by atoms with van der Waals surface area (Å²) in [6, 6.07) is 16.4. The molecule has 6 nitrogen and oxygen atoms in total. The predicted molar refractivity (Wildman–Crippen MR) is 134 cm³/mol. The Hall–Kier alpha value is -3.66. The number of aliphatic hydroxyl groups is 1. The molecule has 0 aliphatic carbocycles. The Morgan fingerprint density at radius 3 is 2.36 bits per heavy atom. The van der Waals surface area contributed by atoms with Gasteiger partial charge in [0.25, 0.3) is 6.01 Å². The number of nitrogens with zero attached hydrogens (tertiary/aromatic N) is 2. The van der Waals surface area contributed by atoms with E-state index in [1.807, 2.05) is 41.8 Å². The van der Waals surface area contributed by atoms with E-state index in [-0.39, 0.29) is 41.4 Å². The lowest BCUT2D eigenvalue weighted by Crippen LogP contribution is -2.17. The van der Waals surface area contributed by atoms with Gasteiger partial charge in [-0.2, -0.15) is 4.98 Å². The fraction of sp³-hybridized carbons (Fsp3) is 0.185. The number of aromatic nitrogens is 3. The number of ether oxygens (including phenoxy) is 2. The van der Waals surface area contributed by atoms with Gasteiger partial charge in [-0.1, -0.05) is 48.5 Å². The summed E-state index contributed by atoms with van der Waals surface area (Å²) < 4.78 is 41.5. The number of nitrogens with one attached hydrogen (secondary N) is 1. The van der Waals surface area contributed by atoms with E-state index < -0.39 is 11.6 Å². The number of hydrogen-bond acceptors (Lipinski definition) is 6. The molecule has 2 atom stereocenters. The van der Waals surface area contributed by atoms with E-state index in [2.05, 4.69) is 15.0 Å². The Bertz CT molecular complexity index is 1500. The molecule has 182 valence electrons. The van der Waals surface area contributed by atoms with Crippen molar-refractivity contribution in [2.75, 3.05) is 13.2 Å². The van der Waals surface area contributed by atoms with Crippen LogP contribution in [-0.2, 0) is 4.74 Å². The number of benzene rings is 3. The molecule has 0 bridgehead atoms.